The zero-order valence-corrected chi connectivity index (χ0v) is 15.1. The summed E-state index contributed by atoms with van der Waals surface area (Å²) in [5.74, 6) is 0.652. The number of nitrogens with zero attached hydrogens (tertiary/aromatic N) is 2. The van der Waals surface area contributed by atoms with Crippen molar-refractivity contribution >= 4 is 33.2 Å². The lowest BCUT2D eigenvalue weighted by Crippen LogP contribution is -2.57. The van der Waals surface area contributed by atoms with Gasteiger partial charge in [0.25, 0.3) is 5.91 Å². The molecular formula is C17H18BrN3OS. The highest BCUT2D eigenvalue weighted by molar-refractivity contribution is 9.10. The Hall–Kier alpha value is -1.24. The lowest BCUT2D eigenvalue weighted by Gasteiger charge is -2.44. The summed E-state index contributed by atoms with van der Waals surface area (Å²) in [7, 11) is 0. The van der Waals surface area contributed by atoms with Crippen molar-refractivity contribution in [1.82, 2.24) is 15.2 Å². The van der Waals surface area contributed by atoms with Crippen molar-refractivity contribution in [2.24, 2.45) is 5.92 Å². The number of hydrogen-bond acceptors (Lipinski definition) is 4. The molecule has 3 aliphatic heterocycles. The maximum atomic E-state index is 12.5. The van der Waals surface area contributed by atoms with E-state index in [0.29, 0.717) is 16.8 Å². The summed E-state index contributed by atoms with van der Waals surface area (Å²) >= 11 is 4.99. The van der Waals surface area contributed by atoms with Gasteiger partial charge < -0.3 is 10.2 Å². The van der Waals surface area contributed by atoms with Crippen LogP contribution in [0.2, 0.25) is 0 Å². The number of aromatic nitrogens is 1. The molecule has 1 amide bonds. The van der Waals surface area contributed by atoms with Gasteiger partial charge in [-0.15, -0.1) is 11.3 Å². The van der Waals surface area contributed by atoms with E-state index in [4.69, 9.17) is 0 Å². The third kappa shape index (κ3) is 3.07. The SMILES string of the molecule is O=C(N[C@H]1CN2CCC1CC2)c1cnc(-c2ccccc2Br)s1. The van der Waals surface area contributed by atoms with E-state index in [-0.39, 0.29) is 5.91 Å². The predicted octanol–water partition coefficient (Wildman–Crippen LogP) is 3.40. The minimum atomic E-state index is 0.0135. The summed E-state index contributed by atoms with van der Waals surface area (Å²) in [6.07, 6.45) is 4.10. The molecule has 2 aromatic rings. The molecule has 1 aromatic carbocycles. The van der Waals surface area contributed by atoms with Gasteiger partial charge in [-0.25, -0.2) is 4.98 Å². The monoisotopic (exact) mass is 391 g/mol. The molecule has 1 aromatic heterocycles. The standard InChI is InChI=1S/C17H18BrN3OS/c18-13-4-2-1-3-12(13)17-19-9-15(23-17)16(22)20-14-10-21-7-5-11(14)6-8-21/h1-4,9,11,14H,5-8,10H2,(H,20,22)/t14-/m0/s1. The Balaban J connectivity index is 1.48. The molecule has 3 fully saturated rings. The Morgan fingerprint density at radius 2 is 2.09 bits per heavy atom. The molecule has 5 rings (SSSR count). The molecule has 0 saturated carbocycles. The topological polar surface area (TPSA) is 45.2 Å². The fraction of sp³-hybridized carbons (Fsp3) is 0.412. The smallest absolute Gasteiger partial charge is 0.263 e. The Morgan fingerprint density at radius 1 is 1.30 bits per heavy atom. The zero-order valence-electron chi connectivity index (χ0n) is 12.7. The second-order valence-corrected chi connectivity index (χ2v) is 8.11. The number of piperidine rings is 3. The largest absolute Gasteiger partial charge is 0.347 e. The Labute approximate surface area is 148 Å². The lowest BCUT2D eigenvalue weighted by atomic mass is 9.84. The number of hydrogen-bond donors (Lipinski definition) is 1. The van der Waals surface area contributed by atoms with Crippen molar-refractivity contribution in [3.63, 3.8) is 0 Å². The molecule has 0 unspecified atom stereocenters. The van der Waals surface area contributed by atoms with Crippen LogP contribution in [-0.4, -0.2) is 41.5 Å². The van der Waals surface area contributed by atoms with Gasteiger partial charge in [-0.05, 0) is 37.9 Å². The molecule has 4 nitrogen and oxygen atoms in total. The van der Waals surface area contributed by atoms with Crippen molar-refractivity contribution in [2.75, 3.05) is 19.6 Å². The second-order valence-electron chi connectivity index (χ2n) is 6.23. The number of benzene rings is 1. The van der Waals surface area contributed by atoms with Gasteiger partial charge in [0.05, 0.1) is 6.20 Å². The molecule has 3 saturated heterocycles. The van der Waals surface area contributed by atoms with Crippen LogP contribution in [0.1, 0.15) is 22.5 Å². The van der Waals surface area contributed by atoms with Crippen molar-refractivity contribution in [1.29, 1.82) is 0 Å². The fourth-order valence-electron chi connectivity index (χ4n) is 3.51. The van der Waals surface area contributed by atoms with Crippen molar-refractivity contribution in [3.8, 4) is 10.6 Å². The number of thiazole rings is 1. The van der Waals surface area contributed by atoms with E-state index in [9.17, 15) is 4.79 Å². The summed E-state index contributed by atoms with van der Waals surface area (Å²) in [4.78, 5) is 20.1. The Kier molecular flexibility index (Phi) is 4.22. The maximum absolute atomic E-state index is 12.5. The molecule has 120 valence electrons. The first-order chi connectivity index (χ1) is 11.2. The molecule has 0 radical (unpaired) electrons. The van der Waals surface area contributed by atoms with Crippen LogP contribution < -0.4 is 5.32 Å². The van der Waals surface area contributed by atoms with Crippen molar-refractivity contribution in [3.05, 3.63) is 39.8 Å². The van der Waals surface area contributed by atoms with Gasteiger partial charge in [-0.1, -0.05) is 34.1 Å². The number of amides is 1. The van der Waals surface area contributed by atoms with Gasteiger partial charge in [0.2, 0.25) is 0 Å². The first-order valence-electron chi connectivity index (χ1n) is 7.94. The zero-order chi connectivity index (χ0) is 15.8. The van der Waals surface area contributed by atoms with Crippen LogP contribution in [0.3, 0.4) is 0 Å². The van der Waals surface area contributed by atoms with E-state index in [0.717, 1.165) is 21.6 Å². The highest BCUT2D eigenvalue weighted by atomic mass is 79.9. The summed E-state index contributed by atoms with van der Waals surface area (Å²) in [5.41, 5.74) is 1.03. The Morgan fingerprint density at radius 3 is 2.78 bits per heavy atom. The molecule has 0 aliphatic carbocycles. The number of carbonyl (C=O) groups excluding carboxylic acids is 1. The molecule has 6 heteroatoms. The molecule has 1 atom stereocenters. The molecule has 4 heterocycles. The summed E-state index contributed by atoms with van der Waals surface area (Å²) in [6.45, 7) is 3.36. The molecule has 3 aliphatic rings. The van der Waals surface area contributed by atoms with Crippen LogP contribution in [0.4, 0.5) is 0 Å². The average molecular weight is 392 g/mol. The van der Waals surface area contributed by atoms with E-state index in [1.54, 1.807) is 6.20 Å². The predicted molar refractivity (Wildman–Crippen MR) is 95.7 cm³/mol. The van der Waals surface area contributed by atoms with Crippen LogP contribution in [0, 0.1) is 5.92 Å². The first-order valence-corrected chi connectivity index (χ1v) is 9.55. The highest BCUT2D eigenvalue weighted by Crippen LogP contribution is 2.32. The number of rotatable bonds is 3. The lowest BCUT2D eigenvalue weighted by molar-refractivity contribution is 0.0622. The van der Waals surface area contributed by atoms with Crippen molar-refractivity contribution < 1.29 is 4.79 Å². The van der Waals surface area contributed by atoms with Gasteiger partial charge in [0.1, 0.15) is 9.88 Å². The van der Waals surface area contributed by atoms with Crippen molar-refractivity contribution in [2.45, 2.75) is 18.9 Å². The molecule has 23 heavy (non-hydrogen) atoms. The van der Waals surface area contributed by atoms with Gasteiger partial charge in [0.15, 0.2) is 0 Å². The van der Waals surface area contributed by atoms with Crippen LogP contribution in [0.5, 0.6) is 0 Å². The van der Waals surface area contributed by atoms with Crippen LogP contribution in [0.25, 0.3) is 10.6 Å². The maximum Gasteiger partial charge on any atom is 0.263 e. The van der Waals surface area contributed by atoms with Crippen LogP contribution in [0.15, 0.2) is 34.9 Å². The van der Waals surface area contributed by atoms with E-state index < -0.39 is 0 Å². The van der Waals surface area contributed by atoms with Crippen LogP contribution in [-0.2, 0) is 0 Å². The molecular weight excluding hydrogens is 374 g/mol. The normalized spacial score (nSPS) is 26.2. The molecule has 2 bridgehead atoms. The number of nitrogens with one attached hydrogen (secondary N) is 1. The van der Waals surface area contributed by atoms with Crippen LogP contribution >= 0.6 is 27.3 Å². The summed E-state index contributed by atoms with van der Waals surface area (Å²) in [6, 6.07) is 8.25. The fourth-order valence-corrected chi connectivity index (χ4v) is 4.97. The third-order valence-corrected chi connectivity index (χ3v) is 6.53. The highest BCUT2D eigenvalue weighted by Gasteiger charge is 2.35. The number of fused-ring (bicyclic) bond motifs is 3. The quantitative estimate of drug-likeness (QED) is 0.871. The first kappa shape index (κ1) is 15.3. The summed E-state index contributed by atoms with van der Waals surface area (Å²) in [5, 5.41) is 4.10. The van der Waals surface area contributed by atoms with Gasteiger partial charge in [-0.3, -0.25) is 4.79 Å². The molecule has 0 spiro atoms. The van der Waals surface area contributed by atoms with E-state index in [1.807, 2.05) is 24.3 Å². The minimum absolute atomic E-state index is 0.0135. The Bertz CT molecular complexity index is 724. The second kappa shape index (κ2) is 6.34. The minimum Gasteiger partial charge on any atom is -0.347 e. The number of carbonyl (C=O) groups is 1. The van der Waals surface area contributed by atoms with Gasteiger partial charge >= 0.3 is 0 Å². The van der Waals surface area contributed by atoms with E-state index in [1.165, 1.54) is 37.3 Å². The third-order valence-electron chi connectivity index (χ3n) is 4.81. The van der Waals surface area contributed by atoms with Gasteiger partial charge in [0, 0.05) is 22.6 Å². The number of halogens is 1. The van der Waals surface area contributed by atoms with E-state index >= 15 is 0 Å². The van der Waals surface area contributed by atoms with Gasteiger partial charge in [-0.2, -0.15) is 0 Å². The average Bonchev–Trinajstić information content (AvgIpc) is 3.06. The molecule has 1 N–H and O–H groups in total. The van der Waals surface area contributed by atoms with E-state index in [2.05, 4.69) is 31.1 Å². The summed E-state index contributed by atoms with van der Waals surface area (Å²) < 4.78 is 0.999.